The van der Waals surface area contributed by atoms with Gasteiger partial charge in [-0.15, -0.1) is 0 Å². The van der Waals surface area contributed by atoms with E-state index in [1.807, 2.05) is 0 Å². The zero-order valence-electron chi connectivity index (χ0n) is 10.1. The Labute approximate surface area is 118 Å². The van der Waals surface area contributed by atoms with Gasteiger partial charge in [-0.25, -0.2) is 4.79 Å². The molecule has 0 unspecified atom stereocenters. The Kier molecular flexibility index (Phi) is 3.04. The lowest BCUT2D eigenvalue weighted by Gasteiger charge is -2.04. The van der Waals surface area contributed by atoms with Crippen molar-refractivity contribution in [3.63, 3.8) is 0 Å². The third-order valence-corrected chi connectivity index (χ3v) is 2.98. The largest absolute Gasteiger partial charge is 0.478 e. The van der Waals surface area contributed by atoms with Crippen LogP contribution in [0.15, 0.2) is 46.9 Å². The molecule has 0 saturated carbocycles. The number of rotatable bonds is 3. The number of halogens is 1. The number of carbonyl (C=O) groups is 1. The Morgan fingerprint density at radius 1 is 1.25 bits per heavy atom. The van der Waals surface area contributed by atoms with E-state index >= 15 is 0 Å². The van der Waals surface area contributed by atoms with Gasteiger partial charge in [0, 0.05) is 5.02 Å². The highest BCUT2D eigenvalue weighted by atomic mass is 35.5. The molecule has 6 heteroatoms. The van der Waals surface area contributed by atoms with Crippen molar-refractivity contribution in [1.82, 2.24) is 4.98 Å². The van der Waals surface area contributed by atoms with Crippen molar-refractivity contribution in [1.29, 1.82) is 0 Å². The molecule has 3 aromatic rings. The number of para-hydroxylation sites is 1. The highest BCUT2D eigenvalue weighted by Crippen LogP contribution is 2.25. The predicted molar refractivity (Wildman–Crippen MR) is 75.7 cm³/mol. The lowest BCUT2D eigenvalue weighted by atomic mass is 10.2. The van der Waals surface area contributed by atoms with Crippen molar-refractivity contribution >= 4 is 40.4 Å². The number of oxazole rings is 1. The van der Waals surface area contributed by atoms with Crippen LogP contribution in [0.25, 0.3) is 11.1 Å². The predicted octanol–water partition coefficient (Wildman–Crippen LogP) is 3.92. The van der Waals surface area contributed by atoms with Crippen LogP contribution in [0, 0.1) is 0 Å². The summed E-state index contributed by atoms with van der Waals surface area (Å²) in [6.07, 6.45) is 0. The monoisotopic (exact) mass is 288 g/mol. The van der Waals surface area contributed by atoms with Gasteiger partial charge in [0.05, 0.1) is 11.3 Å². The average molecular weight is 289 g/mol. The number of aromatic carboxylic acids is 1. The second kappa shape index (κ2) is 4.86. The second-order valence-corrected chi connectivity index (χ2v) is 4.54. The number of benzene rings is 2. The number of nitrogens with one attached hydrogen (secondary N) is 1. The molecule has 2 aromatic carbocycles. The highest BCUT2D eigenvalue weighted by Gasteiger charge is 2.12. The molecule has 20 heavy (non-hydrogen) atoms. The molecule has 1 heterocycles. The Hall–Kier alpha value is -2.53. The topological polar surface area (TPSA) is 75.4 Å². The van der Waals surface area contributed by atoms with Gasteiger partial charge in [0.25, 0.3) is 6.01 Å². The molecular formula is C14H9ClN2O3. The summed E-state index contributed by atoms with van der Waals surface area (Å²) in [6.45, 7) is 0. The minimum absolute atomic E-state index is 0.146. The van der Waals surface area contributed by atoms with E-state index in [2.05, 4.69) is 10.3 Å². The first-order valence-corrected chi connectivity index (χ1v) is 6.17. The Morgan fingerprint density at radius 2 is 2.05 bits per heavy atom. The van der Waals surface area contributed by atoms with Crippen molar-refractivity contribution in [3.05, 3.63) is 53.1 Å². The van der Waals surface area contributed by atoms with Gasteiger partial charge >= 0.3 is 5.97 Å². The van der Waals surface area contributed by atoms with Crippen LogP contribution in [-0.2, 0) is 0 Å². The van der Waals surface area contributed by atoms with E-state index < -0.39 is 5.97 Å². The first-order chi connectivity index (χ1) is 9.63. The van der Waals surface area contributed by atoms with Gasteiger partial charge in [0.15, 0.2) is 5.58 Å². The van der Waals surface area contributed by atoms with E-state index in [-0.39, 0.29) is 11.6 Å². The number of fused-ring (bicyclic) bond motifs is 1. The number of hydrogen-bond acceptors (Lipinski definition) is 4. The van der Waals surface area contributed by atoms with Crippen LogP contribution in [0.4, 0.5) is 11.7 Å². The van der Waals surface area contributed by atoms with E-state index in [1.165, 1.54) is 6.07 Å². The van der Waals surface area contributed by atoms with E-state index in [0.717, 1.165) is 0 Å². The van der Waals surface area contributed by atoms with Gasteiger partial charge in [-0.1, -0.05) is 23.7 Å². The molecule has 2 N–H and O–H groups in total. The number of hydrogen-bond donors (Lipinski definition) is 2. The van der Waals surface area contributed by atoms with Crippen molar-refractivity contribution in [2.45, 2.75) is 0 Å². The SMILES string of the molecule is O=C(O)c1ccccc1Nc1nc2cc(Cl)ccc2o1. The lowest BCUT2D eigenvalue weighted by Crippen LogP contribution is -2.02. The van der Waals surface area contributed by atoms with Crippen LogP contribution >= 0.6 is 11.6 Å². The maximum absolute atomic E-state index is 11.1. The number of nitrogens with zero attached hydrogens (tertiary/aromatic N) is 1. The molecule has 0 aliphatic heterocycles. The molecule has 100 valence electrons. The van der Waals surface area contributed by atoms with Crippen molar-refractivity contribution < 1.29 is 14.3 Å². The third-order valence-electron chi connectivity index (χ3n) is 2.75. The van der Waals surface area contributed by atoms with Crippen LogP contribution in [0.1, 0.15) is 10.4 Å². The number of anilines is 2. The highest BCUT2D eigenvalue weighted by molar-refractivity contribution is 6.31. The molecule has 0 fully saturated rings. The minimum atomic E-state index is -1.02. The van der Waals surface area contributed by atoms with Crippen LogP contribution in [-0.4, -0.2) is 16.1 Å². The standard InChI is InChI=1S/C14H9ClN2O3/c15-8-5-6-12-11(7-8)17-14(20-12)16-10-4-2-1-3-9(10)13(18)19/h1-7H,(H,16,17)(H,18,19). The first-order valence-electron chi connectivity index (χ1n) is 5.79. The van der Waals surface area contributed by atoms with Gasteiger partial charge in [0.2, 0.25) is 0 Å². The van der Waals surface area contributed by atoms with Gasteiger partial charge in [-0.3, -0.25) is 0 Å². The van der Waals surface area contributed by atoms with Crippen molar-refractivity contribution in [2.24, 2.45) is 0 Å². The number of carboxylic acids is 1. The summed E-state index contributed by atoms with van der Waals surface area (Å²) < 4.78 is 5.49. The summed E-state index contributed by atoms with van der Waals surface area (Å²) in [6, 6.07) is 11.8. The van der Waals surface area contributed by atoms with Crippen LogP contribution in [0.5, 0.6) is 0 Å². The smallest absolute Gasteiger partial charge is 0.337 e. The lowest BCUT2D eigenvalue weighted by molar-refractivity contribution is 0.0698. The normalized spacial score (nSPS) is 10.7. The molecule has 0 radical (unpaired) electrons. The summed E-state index contributed by atoms with van der Waals surface area (Å²) in [7, 11) is 0. The summed E-state index contributed by atoms with van der Waals surface area (Å²) in [5.74, 6) is -1.02. The van der Waals surface area contributed by atoms with Gasteiger partial charge < -0.3 is 14.8 Å². The number of aromatic nitrogens is 1. The molecule has 0 aliphatic carbocycles. The molecule has 0 amide bonds. The van der Waals surface area contributed by atoms with E-state index in [1.54, 1.807) is 36.4 Å². The van der Waals surface area contributed by atoms with E-state index in [9.17, 15) is 4.79 Å². The van der Waals surface area contributed by atoms with Crippen molar-refractivity contribution in [2.75, 3.05) is 5.32 Å². The number of carboxylic acid groups (broad SMARTS) is 1. The Morgan fingerprint density at radius 3 is 2.85 bits per heavy atom. The Balaban J connectivity index is 1.99. The minimum Gasteiger partial charge on any atom is -0.478 e. The molecule has 3 rings (SSSR count). The van der Waals surface area contributed by atoms with E-state index in [0.29, 0.717) is 21.8 Å². The van der Waals surface area contributed by atoms with Crippen molar-refractivity contribution in [3.8, 4) is 0 Å². The van der Waals surface area contributed by atoms with Gasteiger partial charge in [0.1, 0.15) is 5.52 Å². The van der Waals surface area contributed by atoms with Gasteiger partial charge in [-0.2, -0.15) is 4.98 Å². The molecule has 0 bridgehead atoms. The van der Waals surface area contributed by atoms with Gasteiger partial charge in [-0.05, 0) is 30.3 Å². The quantitative estimate of drug-likeness (QED) is 0.764. The maximum atomic E-state index is 11.1. The molecular weight excluding hydrogens is 280 g/mol. The molecule has 0 saturated heterocycles. The fourth-order valence-electron chi connectivity index (χ4n) is 1.85. The Bertz CT molecular complexity index is 798. The fraction of sp³-hybridized carbons (Fsp3) is 0. The average Bonchev–Trinajstić information content (AvgIpc) is 2.80. The summed E-state index contributed by atoms with van der Waals surface area (Å²) in [5, 5.41) is 12.5. The maximum Gasteiger partial charge on any atom is 0.337 e. The summed E-state index contributed by atoms with van der Waals surface area (Å²) >= 11 is 5.88. The summed E-state index contributed by atoms with van der Waals surface area (Å²) in [5.41, 5.74) is 1.74. The molecule has 5 nitrogen and oxygen atoms in total. The molecule has 0 spiro atoms. The first kappa shape index (κ1) is 12.5. The van der Waals surface area contributed by atoms with Crippen LogP contribution < -0.4 is 5.32 Å². The zero-order chi connectivity index (χ0) is 14.1. The fourth-order valence-corrected chi connectivity index (χ4v) is 2.01. The third kappa shape index (κ3) is 2.31. The summed E-state index contributed by atoms with van der Waals surface area (Å²) in [4.78, 5) is 15.3. The van der Waals surface area contributed by atoms with Crippen LogP contribution in [0.2, 0.25) is 5.02 Å². The molecule has 0 atom stereocenters. The zero-order valence-corrected chi connectivity index (χ0v) is 10.9. The van der Waals surface area contributed by atoms with E-state index in [4.69, 9.17) is 21.1 Å². The molecule has 0 aliphatic rings. The van der Waals surface area contributed by atoms with Crippen LogP contribution in [0.3, 0.4) is 0 Å². The second-order valence-electron chi connectivity index (χ2n) is 4.11. The molecule has 1 aromatic heterocycles.